The van der Waals surface area contributed by atoms with Crippen molar-refractivity contribution in [2.75, 3.05) is 7.05 Å². The lowest BCUT2D eigenvalue weighted by Crippen LogP contribution is -2.22. The molecule has 0 amide bonds. The fourth-order valence-corrected chi connectivity index (χ4v) is 3.45. The predicted molar refractivity (Wildman–Crippen MR) is 95.5 cm³/mol. The average Bonchev–Trinajstić information content (AvgIpc) is 3.03. The second kappa shape index (κ2) is 7.11. The first kappa shape index (κ1) is 16.6. The van der Waals surface area contributed by atoms with Gasteiger partial charge in [0.15, 0.2) is 0 Å². The number of phenols is 1. The summed E-state index contributed by atoms with van der Waals surface area (Å²) in [7, 11) is 1.99. The van der Waals surface area contributed by atoms with Gasteiger partial charge in [-0.15, -0.1) is 11.3 Å². The number of para-hydroxylation sites is 1. The van der Waals surface area contributed by atoms with Crippen LogP contribution < -0.4 is 0 Å². The van der Waals surface area contributed by atoms with Gasteiger partial charge in [-0.3, -0.25) is 4.90 Å². The molecule has 0 radical (unpaired) electrons. The van der Waals surface area contributed by atoms with Crippen LogP contribution in [0.1, 0.15) is 24.2 Å². The zero-order chi connectivity index (χ0) is 17.1. The number of aromatic nitrogens is 1. The number of thiazole rings is 1. The molecule has 2 aromatic carbocycles. The Hall–Kier alpha value is -2.24. The molecular weight excluding hydrogens is 323 g/mol. The van der Waals surface area contributed by atoms with Gasteiger partial charge in [0.05, 0.1) is 5.69 Å². The number of hydrogen-bond acceptors (Lipinski definition) is 4. The van der Waals surface area contributed by atoms with E-state index in [1.54, 1.807) is 18.2 Å². The maximum atomic E-state index is 13.9. The zero-order valence-corrected chi connectivity index (χ0v) is 14.4. The molecule has 0 aliphatic carbocycles. The van der Waals surface area contributed by atoms with Crippen LogP contribution in [0.5, 0.6) is 5.75 Å². The molecule has 3 rings (SSSR count). The van der Waals surface area contributed by atoms with Gasteiger partial charge in [0.2, 0.25) is 0 Å². The summed E-state index contributed by atoms with van der Waals surface area (Å²) in [4.78, 5) is 6.66. The second-order valence-corrected chi connectivity index (χ2v) is 6.63. The summed E-state index contributed by atoms with van der Waals surface area (Å²) in [5.74, 6) is 0.0384. The van der Waals surface area contributed by atoms with Crippen LogP contribution in [-0.4, -0.2) is 22.0 Å². The van der Waals surface area contributed by atoms with Crippen LogP contribution in [0.4, 0.5) is 4.39 Å². The van der Waals surface area contributed by atoms with Gasteiger partial charge < -0.3 is 5.11 Å². The third-order valence-corrected chi connectivity index (χ3v) is 5.04. The summed E-state index contributed by atoms with van der Waals surface area (Å²) < 4.78 is 13.9. The molecule has 1 heterocycles. The third kappa shape index (κ3) is 3.47. The monoisotopic (exact) mass is 342 g/mol. The Morgan fingerprint density at radius 1 is 1.17 bits per heavy atom. The van der Waals surface area contributed by atoms with E-state index in [4.69, 9.17) is 0 Å². The lowest BCUT2D eigenvalue weighted by atomic mass is 10.1. The fourth-order valence-electron chi connectivity index (χ4n) is 2.61. The number of benzene rings is 2. The predicted octanol–water partition coefficient (Wildman–Crippen LogP) is 4.85. The Morgan fingerprint density at radius 2 is 1.88 bits per heavy atom. The van der Waals surface area contributed by atoms with Crippen LogP contribution in [0.3, 0.4) is 0 Å². The van der Waals surface area contributed by atoms with Gasteiger partial charge in [-0.2, -0.15) is 0 Å². The Bertz CT molecular complexity index is 833. The molecule has 1 N–H and O–H groups in total. The summed E-state index contributed by atoms with van der Waals surface area (Å²) in [5, 5.41) is 12.6. The summed E-state index contributed by atoms with van der Waals surface area (Å²) in [6.07, 6.45) is 0. The van der Waals surface area contributed by atoms with Gasteiger partial charge in [0, 0.05) is 29.1 Å². The molecular formula is C19H19FN2OS. The molecule has 1 atom stereocenters. The minimum Gasteiger partial charge on any atom is -0.508 e. The highest BCUT2D eigenvalue weighted by Gasteiger charge is 2.17. The molecule has 0 fully saturated rings. The van der Waals surface area contributed by atoms with E-state index in [9.17, 15) is 9.50 Å². The van der Waals surface area contributed by atoms with Gasteiger partial charge in [-0.25, -0.2) is 9.37 Å². The number of aromatic hydroxyl groups is 1. The number of hydrogen-bond donors (Lipinski definition) is 1. The van der Waals surface area contributed by atoms with Crippen molar-refractivity contribution in [3.8, 4) is 16.3 Å². The molecule has 0 saturated heterocycles. The molecule has 24 heavy (non-hydrogen) atoms. The SMILES string of the molecule is C[C@H](c1ccccc1O)N(C)Cc1csc(-c2ccccc2F)n1. The highest BCUT2D eigenvalue weighted by atomic mass is 32.1. The van der Waals surface area contributed by atoms with E-state index in [1.807, 2.05) is 43.6 Å². The number of phenolic OH excluding ortho intramolecular Hbond substituents is 1. The molecule has 0 bridgehead atoms. The van der Waals surface area contributed by atoms with Crippen LogP contribution in [0.25, 0.3) is 10.6 Å². The van der Waals surface area contributed by atoms with E-state index in [2.05, 4.69) is 9.88 Å². The maximum Gasteiger partial charge on any atom is 0.133 e. The first-order chi connectivity index (χ1) is 11.6. The normalized spacial score (nSPS) is 12.5. The smallest absolute Gasteiger partial charge is 0.133 e. The van der Waals surface area contributed by atoms with Crippen molar-refractivity contribution in [2.24, 2.45) is 0 Å². The minimum atomic E-state index is -0.255. The fraction of sp³-hybridized carbons (Fsp3) is 0.211. The summed E-state index contributed by atoms with van der Waals surface area (Å²) in [6.45, 7) is 2.67. The first-order valence-electron chi connectivity index (χ1n) is 7.73. The van der Waals surface area contributed by atoms with E-state index >= 15 is 0 Å². The molecule has 3 nitrogen and oxygen atoms in total. The quantitative estimate of drug-likeness (QED) is 0.720. The first-order valence-corrected chi connectivity index (χ1v) is 8.61. The summed E-state index contributed by atoms with van der Waals surface area (Å²) >= 11 is 1.44. The van der Waals surface area contributed by atoms with E-state index in [1.165, 1.54) is 17.4 Å². The van der Waals surface area contributed by atoms with Crippen LogP contribution in [-0.2, 0) is 6.54 Å². The number of halogens is 1. The van der Waals surface area contributed by atoms with E-state index < -0.39 is 0 Å². The number of rotatable bonds is 5. The summed E-state index contributed by atoms with van der Waals surface area (Å²) in [6, 6.07) is 14.1. The molecule has 0 aliphatic heterocycles. The Balaban J connectivity index is 1.75. The van der Waals surface area contributed by atoms with Gasteiger partial charge in [0.1, 0.15) is 16.6 Å². The minimum absolute atomic E-state index is 0.0461. The summed E-state index contributed by atoms with van der Waals surface area (Å²) in [5.41, 5.74) is 2.30. The van der Waals surface area contributed by atoms with E-state index in [0.29, 0.717) is 22.9 Å². The second-order valence-electron chi connectivity index (χ2n) is 5.77. The number of nitrogens with zero attached hydrogens (tertiary/aromatic N) is 2. The topological polar surface area (TPSA) is 36.4 Å². The van der Waals surface area contributed by atoms with Gasteiger partial charge in [0.25, 0.3) is 0 Å². The van der Waals surface area contributed by atoms with Crippen molar-refractivity contribution in [1.29, 1.82) is 0 Å². The Morgan fingerprint density at radius 3 is 2.62 bits per heavy atom. The molecule has 0 saturated carbocycles. The lowest BCUT2D eigenvalue weighted by Gasteiger charge is -2.24. The van der Waals surface area contributed by atoms with E-state index in [-0.39, 0.29) is 11.9 Å². The molecule has 5 heteroatoms. The van der Waals surface area contributed by atoms with Crippen molar-refractivity contribution in [3.63, 3.8) is 0 Å². The average molecular weight is 342 g/mol. The molecule has 1 aromatic heterocycles. The zero-order valence-electron chi connectivity index (χ0n) is 13.6. The van der Waals surface area contributed by atoms with Crippen LogP contribution in [0.2, 0.25) is 0 Å². The molecule has 124 valence electrons. The molecule has 0 aliphatic rings. The highest BCUT2D eigenvalue weighted by Crippen LogP contribution is 2.30. The van der Waals surface area contributed by atoms with Crippen molar-refractivity contribution in [3.05, 3.63) is 71.0 Å². The maximum absolute atomic E-state index is 13.9. The van der Waals surface area contributed by atoms with Crippen LogP contribution >= 0.6 is 11.3 Å². The van der Waals surface area contributed by atoms with Gasteiger partial charge in [-0.05, 0) is 32.2 Å². The standard InChI is InChI=1S/C19H19FN2OS/c1-13(15-7-4-6-10-18(15)23)22(2)11-14-12-24-19(21-14)16-8-3-5-9-17(16)20/h3-10,12-13,23H,11H2,1-2H3/t13-/m1/s1. The Kier molecular flexibility index (Phi) is 4.92. The van der Waals surface area contributed by atoms with Crippen molar-refractivity contribution >= 4 is 11.3 Å². The third-order valence-electron chi connectivity index (χ3n) is 4.12. The van der Waals surface area contributed by atoms with Crippen molar-refractivity contribution < 1.29 is 9.50 Å². The van der Waals surface area contributed by atoms with Crippen molar-refractivity contribution in [2.45, 2.75) is 19.5 Å². The molecule has 3 aromatic rings. The highest BCUT2D eigenvalue weighted by molar-refractivity contribution is 7.13. The molecule has 0 spiro atoms. The van der Waals surface area contributed by atoms with Crippen molar-refractivity contribution in [1.82, 2.24) is 9.88 Å². The van der Waals surface area contributed by atoms with Crippen LogP contribution in [0.15, 0.2) is 53.9 Å². The van der Waals surface area contributed by atoms with Crippen LogP contribution in [0, 0.1) is 5.82 Å². The van der Waals surface area contributed by atoms with E-state index in [0.717, 1.165) is 11.3 Å². The molecule has 0 unspecified atom stereocenters. The largest absolute Gasteiger partial charge is 0.508 e. The van der Waals surface area contributed by atoms with Gasteiger partial charge >= 0.3 is 0 Å². The van der Waals surface area contributed by atoms with Gasteiger partial charge in [-0.1, -0.05) is 30.3 Å². The Labute approximate surface area is 145 Å². The lowest BCUT2D eigenvalue weighted by molar-refractivity contribution is 0.246.